The van der Waals surface area contributed by atoms with Gasteiger partial charge in [0.25, 0.3) is 0 Å². The first kappa shape index (κ1) is 26.4. The van der Waals surface area contributed by atoms with E-state index in [1.807, 2.05) is 18.2 Å². The molecule has 2 fully saturated rings. The second-order valence-electron chi connectivity index (χ2n) is 11.2. The van der Waals surface area contributed by atoms with E-state index in [9.17, 15) is 10.1 Å². The summed E-state index contributed by atoms with van der Waals surface area (Å²) in [7, 11) is 4.25. The van der Waals surface area contributed by atoms with Gasteiger partial charge in [-0.2, -0.15) is 4.98 Å². The highest BCUT2D eigenvalue weighted by atomic mass is 35.5. The van der Waals surface area contributed by atoms with Gasteiger partial charge in [-0.25, -0.2) is 4.98 Å². The number of rotatable bonds is 6. The number of hydrogen-bond donors (Lipinski definition) is 2. The van der Waals surface area contributed by atoms with Gasteiger partial charge in [0.1, 0.15) is 6.20 Å². The van der Waals surface area contributed by atoms with Crippen LogP contribution in [0.2, 0.25) is 5.02 Å². The average molecular weight is 517 g/mol. The monoisotopic (exact) mass is 516 g/mol. The zero-order chi connectivity index (χ0) is 26.3. The first-order chi connectivity index (χ1) is 16.9. The van der Waals surface area contributed by atoms with Crippen LogP contribution >= 0.6 is 11.6 Å². The van der Waals surface area contributed by atoms with Crippen LogP contribution in [0.4, 0.5) is 28.8 Å². The molecule has 4 rings (SSSR count). The minimum absolute atomic E-state index is 0.0324. The molecule has 2 N–H and O–H groups in total. The Morgan fingerprint density at radius 2 is 1.72 bits per heavy atom. The molecule has 2 aromatic rings. The largest absolute Gasteiger partial charge is 0.368 e. The Labute approximate surface area is 218 Å². The Kier molecular flexibility index (Phi) is 7.32. The minimum atomic E-state index is -0.445. The lowest BCUT2D eigenvalue weighted by Gasteiger charge is -2.53. The van der Waals surface area contributed by atoms with Gasteiger partial charge in [-0.1, -0.05) is 11.6 Å². The molecule has 0 radical (unpaired) electrons. The van der Waals surface area contributed by atoms with Gasteiger partial charge in [0.15, 0.2) is 0 Å². The number of likely N-dealkylation sites (N-methyl/N-ethyl adjacent to an activating group) is 1. The highest BCUT2D eigenvalue weighted by Gasteiger charge is 2.43. The lowest BCUT2D eigenvalue weighted by Crippen LogP contribution is -2.61. The van der Waals surface area contributed by atoms with E-state index >= 15 is 0 Å². The molecule has 0 unspecified atom stereocenters. The highest BCUT2D eigenvalue weighted by Crippen LogP contribution is 2.39. The van der Waals surface area contributed by atoms with Crippen molar-refractivity contribution in [1.29, 1.82) is 0 Å². The van der Waals surface area contributed by atoms with Crippen molar-refractivity contribution < 1.29 is 4.92 Å². The maximum absolute atomic E-state index is 11.7. The first-order valence-electron chi connectivity index (χ1n) is 12.4. The molecule has 3 heterocycles. The molecule has 0 amide bonds. The lowest BCUT2D eigenvalue weighted by atomic mass is 9.77. The summed E-state index contributed by atoms with van der Waals surface area (Å²) in [6.07, 6.45) is 2.92. The zero-order valence-electron chi connectivity index (χ0n) is 22.0. The number of nitro groups is 1. The molecule has 0 saturated carbocycles. The number of piperazine rings is 1. The summed E-state index contributed by atoms with van der Waals surface area (Å²) >= 11 is 6.62. The molecule has 0 spiro atoms. The Morgan fingerprint density at radius 1 is 1.08 bits per heavy atom. The van der Waals surface area contributed by atoms with Gasteiger partial charge < -0.3 is 20.4 Å². The van der Waals surface area contributed by atoms with Crippen LogP contribution in [0.1, 0.15) is 40.5 Å². The quantitative estimate of drug-likeness (QED) is 0.421. The molecule has 2 saturated heterocycles. The summed E-state index contributed by atoms with van der Waals surface area (Å²) < 4.78 is 0. The van der Waals surface area contributed by atoms with Gasteiger partial charge in [0, 0.05) is 49.0 Å². The first-order valence-corrected chi connectivity index (χ1v) is 12.8. The van der Waals surface area contributed by atoms with Crippen molar-refractivity contribution in [2.24, 2.45) is 0 Å². The molecular weight excluding hydrogens is 480 g/mol. The van der Waals surface area contributed by atoms with E-state index in [0.717, 1.165) is 50.4 Å². The van der Waals surface area contributed by atoms with Gasteiger partial charge in [0.05, 0.1) is 15.6 Å². The Bertz CT molecular complexity index is 1100. The number of nitrogens with one attached hydrogen (secondary N) is 2. The maximum atomic E-state index is 11.7. The summed E-state index contributed by atoms with van der Waals surface area (Å²) in [6, 6.07) is 5.79. The summed E-state index contributed by atoms with van der Waals surface area (Å²) in [5, 5.41) is 18.9. The molecule has 10 nitrogen and oxygen atoms in total. The highest BCUT2D eigenvalue weighted by molar-refractivity contribution is 6.33. The van der Waals surface area contributed by atoms with Crippen molar-refractivity contribution in [1.82, 2.24) is 19.8 Å². The van der Waals surface area contributed by atoms with Gasteiger partial charge >= 0.3 is 5.69 Å². The average Bonchev–Trinajstić information content (AvgIpc) is 2.78. The molecule has 1 aromatic carbocycles. The second-order valence-corrected chi connectivity index (χ2v) is 11.6. The third kappa shape index (κ3) is 5.66. The SMILES string of the molecule is CN1CCN(c2ccc(Nc3ncc([N+](=O)[O-])c(NC4CC(C)(C)N(C)C(C)(C)C4)n3)cc2Cl)CC1. The molecule has 0 bridgehead atoms. The van der Waals surface area contributed by atoms with Crippen LogP contribution in [-0.4, -0.2) is 82.1 Å². The molecule has 0 aliphatic carbocycles. The Balaban J connectivity index is 1.53. The van der Waals surface area contributed by atoms with E-state index in [0.29, 0.717) is 5.02 Å². The van der Waals surface area contributed by atoms with Crippen molar-refractivity contribution in [2.75, 3.05) is 55.8 Å². The maximum Gasteiger partial charge on any atom is 0.329 e. The molecule has 0 atom stereocenters. The van der Waals surface area contributed by atoms with Crippen LogP contribution in [0.15, 0.2) is 24.4 Å². The molecule has 196 valence electrons. The Morgan fingerprint density at radius 3 is 2.31 bits per heavy atom. The molecule has 1 aromatic heterocycles. The normalized spacial score (nSPS) is 20.8. The minimum Gasteiger partial charge on any atom is -0.368 e. The van der Waals surface area contributed by atoms with E-state index in [1.165, 1.54) is 6.20 Å². The fraction of sp³-hybridized carbons (Fsp3) is 0.600. The van der Waals surface area contributed by atoms with Gasteiger partial charge in [-0.05, 0) is 72.8 Å². The van der Waals surface area contributed by atoms with E-state index in [2.05, 4.69) is 77.1 Å². The summed E-state index contributed by atoms with van der Waals surface area (Å²) in [6.45, 7) is 12.6. The van der Waals surface area contributed by atoms with E-state index in [4.69, 9.17) is 11.6 Å². The van der Waals surface area contributed by atoms with Crippen molar-refractivity contribution in [3.8, 4) is 0 Å². The van der Waals surface area contributed by atoms with Gasteiger partial charge in [-0.3, -0.25) is 15.0 Å². The van der Waals surface area contributed by atoms with Crippen LogP contribution < -0.4 is 15.5 Å². The zero-order valence-corrected chi connectivity index (χ0v) is 22.8. The van der Waals surface area contributed by atoms with Crippen molar-refractivity contribution >= 4 is 40.4 Å². The number of aromatic nitrogens is 2. The third-order valence-electron chi connectivity index (χ3n) is 7.66. The number of hydrogen-bond acceptors (Lipinski definition) is 9. The number of likely N-dealkylation sites (tertiary alicyclic amines) is 1. The van der Waals surface area contributed by atoms with Crippen LogP contribution in [0.5, 0.6) is 0 Å². The molecular formula is C25H37ClN8O2. The predicted molar refractivity (Wildman–Crippen MR) is 146 cm³/mol. The fourth-order valence-electron chi connectivity index (χ4n) is 5.36. The Hall–Kier alpha value is -2.69. The number of halogens is 1. The van der Waals surface area contributed by atoms with Crippen LogP contribution in [0, 0.1) is 10.1 Å². The smallest absolute Gasteiger partial charge is 0.329 e. The number of piperidine rings is 1. The molecule has 2 aliphatic rings. The van der Waals surface area contributed by atoms with Crippen LogP contribution in [0.3, 0.4) is 0 Å². The predicted octanol–water partition coefficient (Wildman–Crippen LogP) is 4.60. The lowest BCUT2D eigenvalue weighted by molar-refractivity contribution is -0.384. The van der Waals surface area contributed by atoms with E-state index < -0.39 is 4.92 Å². The number of anilines is 4. The van der Waals surface area contributed by atoms with E-state index in [1.54, 1.807) is 0 Å². The molecule has 2 aliphatic heterocycles. The van der Waals surface area contributed by atoms with Crippen molar-refractivity contribution in [2.45, 2.75) is 57.7 Å². The summed E-state index contributed by atoms with van der Waals surface area (Å²) in [4.78, 5) is 26.9. The molecule has 36 heavy (non-hydrogen) atoms. The van der Waals surface area contributed by atoms with E-state index in [-0.39, 0.29) is 34.6 Å². The third-order valence-corrected chi connectivity index (χ3v) is 7.97. The van der Waals surface area contributed by atoms with Crippen LogP contribution in [-0.2, 0) is 0 Å². The van der Waals surface area contributed by atoms with Crippen molar-refractivity contribution in [3.05, 3.63) is 39.5 Å². The topological polar surface area (TPSA) is 103 Å². The number of nitrogens with zero attached hydrogens (tertiary/aromatic N) is 6. The molecule has 11 heteroatoms. The number of benzene rings is 1. The second kappa shape index (κ2) is 9.99. The summed E-state index contributed by atoms with van der Waals surface area (Å²) in [5.74, 6) is 0.497. The van der Waals surface area contributed by atoms with Crippen LogP contribution in [0.25, 0.3) is 0 Å². The summed E-state index contributed by atoms with van der Waals surface area (Å²) in [5.41, 5.74) is 1.45. The van der Waals surface area contributed by atoms with Gasteiger partial charge in [-0.15, -0.1) is 0 Å². The standard InChI is InChI=1S/C25H37ClN8O2/c1-24(2)14-18(15-25(3,4)32(24)6)28-22-21(34(35)36)16-27-23(30-22)29-17-7-8-20(19(26)13-17)33-11-9-31(5)10-12-33/h7-8,13,16,18H,9-12,14-15H2,1-6H3,(H2,27,28,29,30). The van der Waals surface area contributed by atoms with Gasteiger partial charge in [0.2, 0.25) is 11.8 Å². The van der Waals surface area contributed by atoms with Crippen molar-refractivity contribution in [3.63, 3.8) is 0 Å². The fourth-order valence-corrected chi connectivity index (χ4v) is 5.66.